The summed E-state index contributed by atoms with van der Waals surface area (Å²) in [5, 5.41) is 17.9. The largest absolute Gasteiger partial charge is 0.364 e. The molecule has 15 rings (SSSR count). The van der Waals surface area contributed by atoms with Gasteiger partial charge in [0.25, 0.3) is 11.8 Å². The Morgan fingerprint density at radius 2 is 0.892 bits per heavy atom. The van der Waals surface area contributed by atoms with Crippen LogP contribution >= 0.6 is 23.2 Å². The van der Waals surface area contributed by atoms with Crippen molar-refractivity contribution in [2.24, 2.45) is 11.5 Å². The van der Waals surface area contributed by atoms with Crippen molar-refractivity contribution >= 4 is 126 Å². The quantitative estimate of drug-likeness (QED) is 0.0450. The number of nitrogens with one attached hydrogen (secondary N) is 4. The second-order valence-electron chi connectivity index (χ2n) is 25.9. The molecule has 0 spiro atoms. The highest BCUT2D eigenvalue weighted by Gasteiger charge is 2.43. The third-order valence-electron chi connectivity index (χ3n) is 18.5. The van der Waals surface area contributed by atoms with Gasteiger partial charge in [0.15, 0.2) is 34.2 Å². The Kier molecular flexibility index (Phi) is 22.5. The molecular weight excluding hydrogens is 1480 g/mol. The lowest BCUT2D eigenvalue weighted by molar-refractivity contribution is -0.137. The lowest BCUT2D eigenvalue weighted by Gasteiger charge is -2.24. The van der Waals surface area contributed by atoms with E-state index in [1.54, 1.807) is 90.4 Å². The number of carbonyl (C=O) groups is 9. The van der Waals surface area contributed by atoms with Crippen molar-refractivity contribution in [3.8, 4) is 33.4 Å². The van der Waals surface area contributed by atoms with E-state index in [9.17, 15) is 61.1 Å². The number of carbonyl (C=O) groups excluding carboxylic acids is 9. The van der Waals surface area contributed by atoms with Crippen molar-refractivity contribution in [3.05, 3.63) is 215 Å². The van der Waals surface area contributed by atoms with Gasteiger partial charge in [0.2, 0.25) is 35.4 Å². The van der Waals surface area contributed by atoms with Crippen molar-refractivity contribution in [1.82, 2.24) is 78.7 Å². The highest BCUT2D eigenvalue weighted by molar-refractivity contribution is 6.29. The van der Waals surface area contributed by atoms with Crippen molar-refractivity contribution in [2.45, 2.75) is 82.5 Å². The van der Waals surface area contributed by atoms with E-state index in [4.69, 9.17) is 34.7 Å². The van der Waals surface area contributed by atoms with E-state index >= 15 is 0 Å². The maximum Gasteiger partial charge on any atom is 0.269 e. The fourth-order valence-corrected chi connectivity index (χ4v) is 13.7. The molecular formula is C75H64Cl2F3N21O10. The maximum atomic E-state index is 14.4. The lowest BCUT2D eigenvalue weighted by atomic mass is 10.0. The van der Waals surface area contributed by atoms with E-state index in [2.05, 4.69) is 66.0 Å². The number of benzene rings is 3. The molecule has 564 valence electrons. The fraction of sp³-hybridized carbons (Fsp3) is 0.213. The lowest BCUT2D eigenvalue weighted by Crippen LogP contribution is -2.44. The summed E-state index contributed by atoms with van der Waals surface area (Å²) in [5.74, 6) is -4.70. The maximum absolute atomic E-state index is 14.4. The Hall–Kier alpha value is -13.5. The molecule has 0 bridgehead atoms. The number of rotatable bonds is 18. The molecule has 9 aromatic heterocycles. The molecule has 0 aliphatic carbocycles. The SMILES string of the molecule is CC(=O)c1cn(CC(=O)N2C[C@H](F)C[C@H]2C(=O)Nc2cncc(Cl)n2)c2ccc(-c3cccnc3)cc12.NC(=O)c1nn(CC(=O)N2C[C@H](F)C[C@H]2C(=O)Nc2cc(=O)cc[nH]2)c2ccc(-c3cccnc3)cc12.NC(=O)c1nn(CC(=O)N2C[C@H](F)C[C@H]2C(=O)Nc2cncc(Cl)n2)c2ccc(-c3cccnc3)cc12. The first-order valence-corrected chi connectivity index (χ1v) is 35.0. The molecule has 12 heterocycles. The average Bonchev–Trinajstić information content (AvgIpc) is 1.65. The molecule has 0 saturated carbocycles. The summed E-state index contributed by atoms with van der Waals surface area (Å²) in [6.45, 7) is -0.102. The predicted molar refractivity (Wildman–Crippen MR) is 400 cm³/mol. The Labute approximate surface area is 636 Å². The number of aromatic amines is 1. The summed E-state index contributed by atoms with van der Waals surface area (Å²) >= 11 is 11.6. The molecule has 12 aromatic rings. The monoisotopic (exact) mass is 1550 g/mol. The number of amides is 8. The van der Waals surface area contributed by atoms with E-state index in [0.717, 1.165) is 43.2 Å². The molecule has 0 radical (unpaired) electrons. The standard InChI is InChI=1S/C26H22ClFN6O3.C25H22FN7O4.C24H20ClFN8O3/c1-15(35)20-13-33(21-5-4-16(7-19(20)21)17-3-2-6-29-9-17)14-25(36)34-12-18(28)8-22(34)26(37)32-24-11-30-10-23(27)31-24;26-16-9-20(25(37)30-21-10-17(34)5-7-29-21)32(12-16)22(35)13-33-19-4-3-14(15-2-1-6-28-11-15)8-18(19)23(31-33)24(27)36;25-19-9-29-10-20(30-19)31-24(37)18-7-15(26)11-33(18)21(35)12-34-17-4-3-13(14-2-1-5-28-8-14)6-16(17)22(32-34)23(27)36/h2-7,9-11,13,18,22H,8,12,14H2,1H3,(H,31,32,37);1-8,10-11,16,20H,9,12-13H2,(H2,27,36)(H2,29,30,34,37);1-6,8-10,15,18H,7,11-12H2,(H2,27,36)(H,30,31,37)/t18-,22+;16-,20+;15-,18+/m111/s1. The van der Waals surface area contributed by atoms with Crippen molar-refractivity contribution in [3.63, 3.8) is 0 Å². The summed E-state index contributed by atoms with van der Waals surface area (Å²) in [5.41, 5.74) is 17.9. The van der Waals surface area contributed by atoms with Crippen LogP contribution in [0.4, 0.5) is 30.6 Å². The number of nitrogens with two attached hydrogens (primary N) is 2. The number of anilines is 3. The number of nitrogens with zero attached hydrogens (tertiary/aromatic N) is 15. The summed E-state index contributed by atoms with van der Waals surface area (Å²) in [4.78, 5) is 161. The molecule has 111 heavy (non-hydrogen) atoms. The van der Waals surface area contributed by atoms with Gasteiger partial charge in [-0.25, -0.2) is 23.1 Å². The summed E-state index contributed by atoms with van der Waals surface area (Å²) in [7, 11) is 0. The summed E-state index contributed by atoms with van der Waals surface area (Å²) < 4.78 is 47.4. The van der Waals surface area contributed by atoms with E-state index in [0.29, 0.717) is 38.3 Å². The molecule has 36 heteroatoms. The average molecular weight is 1550 g/mol. The number of fused-ring (bicyclic) bond motifs is 3. The van der Waals surface area contributed by atoms with Gasteiger partial charge in [-0.1, -0.05) is 59.6 Å². The first kappa shape index (κ1) is 75.7. The third kappa shape index (κ3) is 17.3. The Balaban J connectivity index is 0.000000146. The Morgan fingerprint density at radius 1 is 0.486 bits per heavy atom. The first-order chi connectivity index (χ1) is 53.4. The number of ketones is 1. The second-order valence-corrected chi connectivity index (χ2v) is 26.7. The second kappa shape index (κ2) is 32.9. The van der Waals surface area contributed by atoms with E-state index in [1.165, 1.54) is 64.3 Å². The van der Waals surface area contributed by atoms with Crippen LogP contribution in [0, 0.1) is 0 Å². The number of hydrogen-bond donors (Lipinski definition) is 6. The number of alkyl halides is 3. The molecule has 3 aliphatic rings. The van der Waals surface area contributed by atoms with Gasteiger partial charge >= 0.3 is 0 Å². The van der Waals surface area contributed by atoms with Crippen LogP contribution < -0.4 is 32.8 Å². The van der Waals surface area contributed by atoms with Crippen LogP contribution in [0.1, 0.15) is 57.5 Å². The molecule has 8 N–H and O–H groups in total. The zero-order valence-electron chi connectivity index (χ0n) is 58.4. The van der Waals surface area contributed by atoms with E-state index in [-0.39, 0.29) is 109 Å². The van der Waals surface area contributed by atoms with Gasteiger partial charge in [-0.05, 0) is 78.2 Å². The van der Waals surface area contributed by atoms with Crippen molar-refractivity contribution in [2.75, 3.05) is 35.6 Å². The van der Waals surface area contributed by atoms with E-state index in [1.807, 2.05) is 48.5 Å². The zero-order valence-corrected chi connectivity index (χ0v) is 59.9. The van der Waals surface area contributed by atoms with Gasteiger partial charge in [-0.3, -0.25) is 82.2 Å². The zero-order chi connectivity index (χ0) is 78.3. The topological polar surface area (TPSA) is 415 Å². The predicted octanol–water partition coefficient (Wildman–Crippen LogP) is 7.61. The van der Waals surface area contributed by atoms with Crippen LogP contribution in [0.2, 0.25) is 10.3 Å². The molecule has 3 aliphatic heterocycles. The van der Waals surface area contributed by atoms with Crippen LogP contribution in [-0.2, 0) is 48.4 Å². The van der Waals surface area contributed by atoms with Gasteiger partial charge in [-0.2, -0.15) is 10.2 Å². The number of likely N-dealkylation sites (tertiary alicyclic amines) is 3. The smallest absolute Gasteiger partial charge is 0.269 e. The molecule has 6 atom stereocenters. The highest BCUT2D eigenvalue weighted by atomic mass is 35.5. The van der Waals surface area contributed by atoms with Gasteiger partial charge in [0, 0.05) is 125 Å². The number of Topliss-reactive ketones (excluding diaryl/α,β-unsaturated/α-hetero) is 1. The Morgan fingerprint density at radius 3 is 1.28 bits per heavy atom. The van der Waals surface area contributed by atoms with Crippen molar-refractivity contribution < 1.29 is 56.3 Å². The van der Waals surface area contributed by atoms with E-state index < -0.39 is 83.9 Å². The van der Waals surface area contributed by atoms with Gasteiger partial charge in [0.05, 0.1) is 55.5 Å². The number of aromatic nitrogens is 13. The molecule has 31 nitrogen and oxygen atoms in total. The molecule has 8 amide bonds. The summed E-state index contributed by atoms with van der Waals surface area (Å²) in [6, 6.07) is 26.5. The number of hydrogen-bond acceptors (Lipinski definition) is 19. The minimum Gasteiger partial charge on any atom is -0.364 e. The minimum absolute atomic E-state index is 0.00726. The Bertz CT molecular complexity index is 5450. The molecule has 0 unspecified atom stereocenters. The van der Waals surface area contributed by atoms with Crippen LogP contribution in [0.25, 0.3) is 66.1 Å². The van der Waals surface area contributed by atoms with Gasteiger partial charge < -0.3 is 51.7 Å². The van der Waals surface area contributed by atoms with Gasteiger partial charge in [0.1, 0.15) is 72.4 Å². The first-order valence-electron chi connectivity index (χ1n) is 34.2. The van der Waals surface area contributed by atoms with Crippen LogP contribution in [0.15, 0.2) is 182 Å². The summed E-state index contributed by atoms with van der Waals surface area (Å²) in [6.07, 6.45) is 13.7. The van der Waals surface area contributed by atoms with Crippen LogP contribution in [0.3, 0.4) is 0 Å². The fourth-order valence-electron chi connectivity index (χ4n) is 13.4. The van der Waals surface area contributed by atoms with Crippen molar-refractivity contribution in [1.29, 1.82) is 0 Å². The molecule has 3 saturated heterocycles. The minimum atomic E-state index is -1.40. The number of H-pyrrole nitrogens is 1. The van der Waals surface area contributed by atoms with Crippen LogP contribution in [-0.4, -0.2) is 188 Å². The molecule has 3 aromatic carbocycles. The van der Waals surface area contributed by atoms with Crippen LogP contribution in [0.5, 0.6) is 0 Å². The normalized spacial score (nSPS) is 17.2. The third-order valence-corrected chi connectivity index (χ3v) is 18.8. The number of pyridine rings is 4. The number of halogens is 5. The molecule has 3 fully saturated rings. The van der Waals surface area contributed by atoms with Gasteiger partial charge in [-0.15, -0.1) is 0 Å². The highest BCUT2D eigenvalue weighted by Crippen LogP contribution is 2.33. The number of primary amides is 2.